The number of nitrogens with one attached hydrogen (secondary N) is 1. The minimum atomic E-state index is -0.567. The summed E-state index contributed by atoms with van der Waals surface area (Å²) in [6.45, 7) is 13.7. The van der Waals surface area contributed by atoms with Gasteiger partial charge in [0, 0.05) is 12.2 Å². The Labute approximate surface area is 162 Å². The van der Waals surface area contributed by atoms with Crippen molar-refractivity contribution in [1.29, 1.82) is 0 Å². The van der Waals surface area contributed by atoms with E-state index in [-0.39, 0.29) is 6.54 Å². The summed E-state index contributed by atoms with van der Waals surface area (Å²) in [5, 5.41) is 2.79. The van der Waals surface area contributed by atoms with Gasteiger partial charge in [-0.3, -0.25) is 0 Å². The zero-order valence-corrected chi connectivity index (χ0v) is 17.4. The van der Waals surface area contributed by atoms with Crippen LogP contribution in [0.15, 0.2) is 29.7 Å². The van der Waals surface area contributed by atoms with Gasteiger partial charge in [-0.05, 0) is 71.6 Å². The van der Waals surface area contributed by atoms with E-state index in [1.807, 2.05) is 78.8 Å². The quantitative estimate of drug-likeness (QED) is 0.619. The van der Waals surface area contributed by atoms with E-state index in [0.717, 1.165) is 11.0 Å². The van der Waals surface area contributed by atoms with Crippen LogP contribution in [0.4, 0.5) is 10.5 Å². The second-order valence-corrected chi connectivity index (χ2v) is 8.83. The molecule has 0 saturated carbocycles. The summed E-state index contributed by atoms with van der Waals surface area (Å²) in [4.78, 5) is 12.1. The smallest absolute Gasteiger partial charge is 0.444 e. The molecule has 0 radical (unpaired) electrons. The number of alkyl carbamates (subject to hydrolysis) is 1. The molecule has 0 aromatic heterocycles. The first-order chi connectivity index (χ1) is 12.3. The fourth-order valence-electron chi connectivity index (χ4n) is 2.49. The third kappa shape index (κ3) is 5.74. The molecule has 0 aliphatic carbocycles. The number of rotatable bonds is 4. The number of carbonyl (C=O) groups excluding carboxylic acids is 1. The maximum absolute atomic E-state index is 12.1. The number of ether oxygens (including phenoxy) is 1. The van der Waals surface area contributed by atoms with Crippen LogP contribution in [0.1, 0.15) is 54.0 Å². The van der Waals surface area contributed by atoms with E-state index in [2.05, 4.69) is 5.32 Å². The van der Waals surface area contributed by atoms with E-state index in [1.54, 1.807) is 0 Å². The topological polar surface area (TPSA) is 82.8 Å². The van der Waals surface area contributed by atoms with Gasteiger partial charge >= 0.3 is 13.2 Å². The summed E-state index contributed by atoms with van der Waals surface area (Å²) in [7, 11) is -0.567. The van der Waals surface area contributed by atoms with Gasteiger partial charge in [0.1, 0.15) is 5.60 Å². The van der Waals surface area contributed by atoms with E-state index >= 15 is 0 Å². The summed E-state index contributed by atoms with van der Waals surface area (Å²) in [5.74, 6) is 0. The van der Waals surface area contributed by atoms with Gasteiger partial charge in [-0.25, -0.2) is 4.79 Å². The Kier molecular flexibility index (Phi) is 5.97. The van der Waals surface area contributed by atoms with Gasteiger partial charge in [-0.1, -0.05) is 18.2 Å². The molecule has 1 heterocycles. The van der Waals surface area contributed by atoms with E-state index in [9.17, 15) is 4.79 Å². The normalized spacial score (nSPS) is 19.1. The summed E-state index contributed by atoms with van der Waals surface area (Å²) < 4.78 is 17.6. The van der Waals surface area contributed by atoms with Crippen molar-refractivity contribution in [3.05, 3.63) is 35.3 Å². The SMILES string of the molecule is CC(C)(C)OC(=O)NCC(=Cc1ccc(N)cc1)B1OC(C)(C)C(C)(C)O1. The van der Waals surface area contributed by atoms with E-state index < -0.39 is 30.0 Å². The second kappa shape index (κ2) is 7.56. The van der Waals surface area contributed by atoms with Crippen LogP contribution in [0.5, 0.6) is 0 Å². The molecule has 1 amide bonds. The molecular weight excluding hydrogens is 343 g/mol. The lowest BCUT2D eigenvalue weighted by molar-refractivity contribution is 0.00578. The number of hydrogen-bond acceptors (Lipinski definition) is 5. The van der Waals surface area contributed by atoms with Crippen molar-refractivity contribution >= 4 is 25.0 Å². The zero-order valence-electron chi connectivity index (χ0n) is 17.4. The number of anilines is 1. The van der Waals surface area contributed by atoms with Gasteiger partial charge in [-0.2, -0.15) is 0 Å². The number of nitrogens with two attached hydrogens (primary N) is 1. The van der Waals surface area contributed by atoms with Crippen LogP contribution in [0.25, 0.3) is 6.08 Å². The average molecular weight is 374 g/mol. The van der Waals surface area contributed by atoms with Crippen molar-refractivity contribution in [3.8, 4) is 0 Å². The summed E-state index contributed by atoms with van der Waals surface area (Å²) in [5.41, 5.74) is 6.70. The van der Waals surface area contributed by atoms with Crippen LogP contribution in [0.3, 0.4) is 0 Å². The predicted octanol–water partition coefficient (Wildman–Crippen LogP) is 3.81. The molecule has 0 atom stereocenters. The number of amides is 1. The van der Waals surface area contributed by atoms with Crippen LogP contribution < -0.4 is 11.1 Å². The molecule has 0 bridgehead atoms. The number of carbonyl (C=O) groups is 1. The molecule has 148 valence electrons. The molecule has 1 aromatic carbocycles. The molecule has 2 rings (SSSR count). The lowest BCUT2D eigenvalue weighted by Crippen LogP contribution is -2.41. The van der Waals surface area contributed by atoms with Crippen LogP contribution in [0, 0.1) is 0 Å². The fraction of sp³-hybridized carbons (Fsp3) is 0.550. The van der Waals surface area contributed by atoms with Gasteiger partial charge in [0.2, 0.25) is 0 Å². The maximum atomic E-state index is 12.1. The molecule has 7 heteroatoms. The third-order valence-corrected chi connectivity index (χ3v) is 4.68. The van der Waals surface area contributed by atoms with E-state index in [0.29, 0.717) is 5.69 Å². The number of benzene rings is 1. The van der Waals surface area contributed by atoms with Crippen LogP contribution in [-0.2, 0) is 14.0 Å². The molecule has 1 fully saturated rings. The molecule has 27 heavy (non-hydrogen) atoms. The summed E-state index contributed by atoms with van der Waals surface area (Å²) >= 11 is 0. The van der Waals surface area contributed by atoms with Crippen molar-refractivity contribution in [1.82, 2.24) is 5.32 Å². The first-order valence-electron chi connectivity index (χ1n) is 9.18. The molecule has 0 unspecified atom stereocenters. The van der Waals surface area contributed by atoms with Gasteiger partial charge in [0.25, 0.3) is 0 Å². The van der Waals surface area contributed by atoms with Crippen LogP contribution in [0.2, 0.25) is 0 Å². The summed E-state index contributed by atoms with van der Waals surface area (Å²) in [6, 6.07) is 7.48. The molecular formula is C20H31BN2O4. The Hall–Kier alpha value is -1.99. The average Bonchev–Trinajstić information content (AvgIpc) is 2.72. The zero-order chi connectivity index (χ0) is 20.5. The molecule has 1 aliphatic heterocycles. The molecule has 3 N–H and O–H groups in total. The van der Waals surface area contributed by atoms with Crippen molar-refractivity contribution in [2.45, 2.75) is 65.3 Å². The number of hydrogen-bond donors (Lipinski definition) is 2. The standard InChI is InChI=1S/C20H31BN2O4/c1-18(2,3)25-17(24)23-13-15(12-14-8-10-16(22)11-9-14)21-26-19(4,5)20(6,7)27-21/h8-12H,13,22H2,1-7H3,(H,23,24). The Morgan fingerprint density at radius 2 is 1.67 bits per heavy atom. The highest BCUT2D eigenvalue weighted by atomic mass is 16.7. The Morgan fingerprint density at radius 3 is 2.15 bits per heavy atom. The molecule has 1 saturated heterocycles. The van der Waals surface area contributed by atoms with Gasteiger partial charge in [-0.15, -0.1) is 0 Å². The predicted molar refractivity (Wildman–Crippen MR) is 109 cm³/mol. The highest BCUT2D eigenvalue weighted by Crippen LogP contribution is 2.38. The Morgan fingerprint density at radius 1 is 1.15 bits per heavy atom. The Bertz CT molecular complexity index is 690. The fourth-order valence-corrected chi connectivity index (χ4v) is 2.49. The second-order valence-electron chi connectivity index (χ2n) is 8.83. The van der Waals surface area contributed by atoms with Gasteiger partial charge in [0.15, 0.2) is 0 Å². The van der Waals surface area contributed by atoms with Crippen molar-refractivity contribution in [3.63, 3.8) is 0 Å². The van der Waals surface area contributed by atoms with Crippen molar-refractivity contribution in [2.75, 3.05) is 12.3 Å². The van der Waals surface area contributed by atoms with E-state index in [4.69, 9.17) is 19.8 Å². The van der Waals surface area contributed by atoms with Crippen molar-refractivity contribution in [2.24, 2.45) is 0 Å². The third-order valence-electron chi connectivity index (χ3n) is 4.68. The maximum Gasteiger partial charge on any atom is 0.492 e. The molecule has 0 spiro atoms. The largest absolute Gasteiger partial charge is 0.492 e. The Balaban J connectivity index is 2.22. The van der Waals surface area contributed by atoms with Crippen LogP contribution >= 0.6 is 0 Å². The van der Waals surface area contributed by atoms with Crippen LogP contribution in [-0.4, -0.2) is 36.6 Å². The molecule has 6 nitrogen and oxygen atoms in total. The minimum absolute atomic E-state index is 0.246. The number of nitrogen functional groups attached to an aromatic ring is 1. The monoisotopic (exact) mass is 374 g/mol. The van der Waals surface area contributed by atoms with Crippen molar-refractivity contribution < 1.29 is 18.8 Å². The minimum Gasteiger partial charge on any atom is -0.444 e. The first-order valence-corrected chi connectivity index (χ1v) is 9.18. The molecule has 1 aliphatic rings. The highest BCUT2D eigenvalue weighted by molar-refractivity contribution is 6.56. The summed E-state index contributed by atoms with van der Waals surface area (Å²) in [6.07, 6.45) is 1.46. The lowest BCUT2D eigenvalue weighted by Gasteiger charge is -2.32. The van der Waals surface area contributed by atoms with E-state index in [1.165, 1.54) is 0 Å². The lowest BCUT2D eigenvalue weighted by atomic mass is 9.77. The molecule has 1 aromatic rings. The van der Waals surface area contributed by atoms with Gasteiger partial charge in [0.05, 0.1) is 11.2 Å². The first kappa shape index (κ1) is 21.3. The van der Waals surface area contributed by atoms with Gasteiger partial charge < -0.3 is 25.1 Å². The highest BCUT2D eigenvalue weighted by Gasteiger charge is 2.52.